The highest BCUT2D eigenvalue weighted by Gasteiger charge is 2.51. The van der Waals surface area contributed by atoms with Crippen molar-refractivity contribution in [2.75, 3.05) is 6.61 Å². The fraction of sp³-hybridized carbons (Fsp3) is 1.00. The van der Waals surface area contributed by atoms with Gasteiger partial charge in [0.05, 0.1) is 11.7 Å². The molecule has 1 fully saturated rings. The van der Waals surface area contributed by atoms with E-state index in [0.29, 0.717) is 19.3 Å². The van der Waals surface area contributed by atoms with Gasteiger partial charge in [0.25, 0.3) is 0 Å². The first-order valence-corrected chi connectivity index (χ1v) is 5.35. The summed E-state index contributed by atoms with van der Waals surface area (Å²) in [5.41, 5.74) is -1.17. The van der Waals surface area contributed by atoms with Crippen molar-refractivity contribution in [1.82, 2.24) is 0 Å². The van der Waals surface area contributed by atoms with Crippen LogP contribution in [-0.2, 0) is 0 Å². The normalized spacial score (nSPS) is 42.4. The first-order chi connectivity index (χ1) is 6.33. The summed E-state index contributed by atoms with van der Waals surface area (Å²) in [7, 11) is 0. The maximum Gasteiger partial charge on any atom is 0.0747 e. The molecule has 3 heteroatoms. The molecule has 0 aliphatic heterocycles. The van der Waals surface area contributed by atoms with Crippen LogP contribution in [0.5, 0.6) is 0 Å². The molecule has 0 saturated heterocycles. The summed E-state index contributed by atoms with van der Waals surface area (Å²) in [5.74, 6) is 0.0356. The fourth-order valence-electron chi connectivity index (χ4n) is 2.87. The molecule has 1 rings (SSSR count). The van der Waals surface area contributed by atoms with E-state index in [1.54, 1.807) is 0 Å². The molecule has 1 saturated carbocycles. The van der Waals surface area contributed by atoms with Crippen molar-refractivity contribution in [2.45, 2.75) is 51.7 Å². The van der Waals surface area contributed by atoms with Gasteiger partial charge in [0, 0.05) is 6.61 Å². The summed E-state index contributed by atoms with van der Waals surface area (Å²) in [6, 6.07) is 0. The summed E-state index contributed by atoms with van der Waals surface area (Å²) in [5, 5.41) is 29.1. The second-order valence-corrected chi connectivity index (χ2v) is 5.28. The third-order valence-corrected chi connectivity index (χ3v) is 3.85. The van der Waals surface area contributed by atoms with Crippen molar-refractivity contribution in [3.8, 4) is 0 Å². The molecule has 0 amide bonds. The molecule has 0 aromatic heterocycles. The Kier molecular flexibility index (Phi) is 3.24. The van der Waals surface area contributed by atoms with Gasteiger partial charge in [-0.05, 0) is 30.6 Å². The Balaban J connectivity index is 2.89. The lowest BCUT2D eigenvalue weighted by Crippen LogP contribution is -2.56. The van der Waals surface area contributed by atoms with Gasteiger partial charge in [0.15, 0.2) is 0 Å². The van der Waals surface area contributed by atoms with Gasteiger partial charge in [0.2, 0.25) is 0 Å². The SMILES string of the molecule is C[C@@H]1C[C@H](O)CC(C)(C)[C@@]1(O)CCO. The fourth-order valence-corrected chi connectivity index (χ4v) is 2.87. The van der Waals surface area contributed by atoms with Crippen LogP contribution in [-0.4, -0.2) is 33.6 Å². The summed E-state index contributed by atoms with van der Waals surface area (Å²) in [4.78, 5) is 0. The van der Waals surface area contributed by atoms with Crippen LogP contribution in [0.2, 0.25) is 0 Å². The van der Waals surface area contributed by atoms with Crippen LogP contribution in [0.15, 0.2) is 0 Å². The second kappa shape index (κ2) is 3.80. The molecular formula is C11H22O3. The Hall–Kier alpha value is -0.120. The monoisotopic (exact) mass is 202 g/mol. The molecule has 0 aromatic rings. The zero-order valence-electron chi connectivity index (χ0n) is 9.32. The number of rotatable bonds is 2. The van der Waals surface area contributed by atoms with E-state index in [1.807, 2.05) is 20.8 Å². The molecule has 3 nitrogen and oxygen atoms in total. The highest BCUT2D eigenvalue weighted by molar-refractivity contribution is 5.02. The van der Waals surface area contributed by atoms with Crippen molar-refractivity contribution >= 4 is 0 Å². The molecule has 0 aromatic carbocycles. The quantitative estimate of drug-likeness (QED) is 0.624. The minimum atomic E-state index is -0.846. The maximum atomic E-state index is 10.5. The maximum absolute atomic E-state index is 10.5. The molecular weight excluding hydrogens is 180 g/mol. The molecule has 3 atom stereocenters. The predicted octanol–water partition coefficient (Wildman–Crippen LogP) is 0.917. The molecule has 0 spiro atoms. The molecule has 0 bridgehead atoms. The van der Waals surface area contributed by atoms with Gasteiger partial charge in [0.1, 0.15) is 0 Å². The third kappa shape index (κ3) is 1.81. The minimum absolute atomic E-state index is 0.000362. The van der Waals surface area contributed by atoms with Crippen LogP contribution in [0.3, 0.4) is 0 Å². The van der Waals surface area contributed by atoms with Crippen molar-refractivity contribution in [3.63, 3.8) is 0 Å². The van der Waals surface area contributed by atoms with Crippen molar-refractivity contribution in [3.05, 3.63) is 0 Å². The standard InChI is InChI=1S/C11H22O3/c1-8-6-9(13)7-10(2,3)11(8,14)4-5-12/h8-9,12-14H,4-7H2,1-3H3/t8-,9+,11-/m1/s1. The Morgan fingerprint density at radius 1 is 1.36 bits per heavy atom. The van der Waals surface area contributed by atoms with Crippen LogP contribution in [0.4, 0.5) is 0 Å². The molecule has 14 heavy (non-hydrogen) atoms. The number of aliphatic hydroxyl groups excluding tert-OH is 2. The summed E-state index contributed by atoms with van der Waals surface area (Å²) >= 11 is 0. The van der Waals surface area contributed by atoms with Gasteiger partial charge in [-0.25, -0.2) is 0 Å². The summed E-state index contributed by atoms with van der Waals surface area (Å²) < 4.78 is 0. The van der Waals surface area contributed by atoms with Crippen LogP contribution >= 0.6 is 0 Å². The molecule has 0 radical (unpaired) electrons. The lowest BCUT2D eigenvalue weighted by Gasteiger charge is -2.52. The van der Waals surface area contributed by atoms with Crippen LogP contribution in [0, 0.1) is 11.3 Å². The molecule has 0 heterocycles. The van der Waals surface area contributed by atoms with E-state index in [9.17, 15) is 10.2 Å². The predicted molar refractivity (Wildman–Crippen MR) is 54.8 cm³/mol. The van der Waals surface area contributed by atoms with Crippen molar-refractivity contribution in [1.29, 1.82) is 0 Å². The van der Waals surface area contributed by atoms with E-state index in [-0.39, 0.29) is 24.0 Å². The Morgan fingerprint density at radius 2 is 1.93 bits per heavy atom. The van der Waals surface area contributed by atoms with Gasteiger partial charge in [-0.15, -0.1) is 0 Å². The molecule has 3 N–H and O–H groups in total. The lowest BCUT2D eigenvalue weighted by atomic mass is 9.59. The van der Waals surface area contributed by atoms with E-state index < -0.39 is 5.60 Å². The van der Waals surface area contributed by atoms with E-state index >= 15 is 0 Å². The third-order valence-electron chi connectivity index (χ3n) is 3.85. The van der Waals surface area contributed by atoms with Gasteiger partial charge < -0.3 is 15.3 Å². The zero-order chi connectivity index (χ0) is 11.0. The molecule has 84 valence electrons. The van der Waals surface area contributed by atoms with Gasteiger partial charge in [-0.1, -0.05) is 20.8 Å². The van der Waals surface area contributed by atoms with E-state index in [4.69, 9.17) is 5.11 Å². The number of aliphatic hydroxyl groups is 3. The topological polar surface area (TPSA) is 60.7 Å². The van der Waals surface area contributed by atoms with Crippen molar-refractivity contribution < 1.29 is 15.3 Å². The Bertz CT molecular complexity index is 203. The second-order valence-electron chi connectivity index (χ2n) is 5.28. The molecule has 1 aliphatic rings. The Morgan fingerprint density at radius 3 is 2.36 bits per heavy atom. The number of hydrogen-bond donors (Lipinski definition) is 3. The first kappa shape index (κ1) is 12.0. The Labute approximate surface area is 85.8 Å². The lowest BCUT2D eigenvalue weighted by molar-refractivity contribution is -0.168. The first-order valence-electron chi connectivity index (χ1n) is 5.35. The highest BCUT2D eigenvalue weighted by atomic mass is 16.3. The molecule has 0 unspecified atom stereocenters. The van der Waals surface area contributed by atoms with E-state index in [1.165, 1.54) is 0 Å². The molecule has 1 aliphatic carbocycles. The van der Waals surface area contributed by atoms with Crippen LogP contribution in [0.1, 0.15) is 40.0 Å². The van der Waals surface area contributed by atoms with Gasteiger partial charge >= 0.3 is 0 Å². The minimum Gasteiger partial charge on any atom is -0.396 e. The van der Waals surface area contributed by atoms with Gasteiger partial charge in [-0.2, -0.15) is 0 Å². The van der Waals surface area contributed by atoms with E-state index in [0.717, 1.165) is 0 Å². The average Bonchev–Trinajstić information content (AvgIpc) is 2.00. The van der Waals surface area contributed by atoms with Crippen LogP contribution in [0.25, 0.3) is 0 Å². The number of hydrogen-bond acceptors (Lipinski definition) is 3. The smallest absolute Gasteiger partial charge is 0.0747 e. The van der Waals surface area contributed by atoms with Crippen molar-refractivity contribution in [2.24, 2.45) is 11.3 Å². The average molecular weight is 202 g/mol. The summed E-state index contributed by atoms with van der Waals surface area (Å²) in [6.07, 6.45) is 1.31. The van der Waals surface area contributed by atoms with Crippen LogP contribution < -0.4 is 0 Å². The van der Waals surface area contributed by atoms with Gasteiger partial charge in [-0.3, -0.25) is 0 Å². The largest absolute Gasteiger partial charge is 0.396 e. The highest BCUT2D eigenvalue weighted by Crippen LogP contribution is 2.48. The zero-order valence-corrected chi connectivity index (χ0v) is 9.32. The van der Waals surface area contributed by atoms with E-state index in [2.05, 4.69) is 0 Å². The summed E-state index contributed by atoms with van der Waals surface area (Å²) in [6.45, 7) is 5.86.